The van der Waals surface area contributed by atoms with Crippen molar-refractivity contribution in [3.05, 3.63) is 21.1 Å². The predicted molar refractivity (Wildman–Crippen MR) is 30.8 cm³/mol. The summed E-state index contributed by atoms with van der Waals surface area (Å²) >= 11 is 3.98. The second kappa shape index (κ2) is 1.92. The molecule has 0 aliphatic rings. The molecule has 1 radical (unpaired) electrons. The number of hydrogen-bond donors (Lipinski definition) is 0. The van der Waals surface area contributed by atoms with Crippen molar-refractivity contribution in [3.63, 3.8) is 0 Å². The minimum absolute atomic E-state index is 0.208. The van der Waals surface area contributed by atoms with E-state index in [9.17, 15) is 4.39 Å². The molecule has 0 amide bonds. The molecule has 0 nitrogen and oxygen atoms in total. The fourth-order valence-corrected chi connectivity index (χ4v) is 1.23. The van der Waals surface area contributed by atoms with Crippen LogP contribution in [0.15, 0.2) is 9.85 Å². The molecule has 0 N–H and O–H groups in total. The van der Waals surface area contributed by atoms with Crippen molar-refractivity contribution in [1.29, 1.82) is 0 Å². The van der Waals surface area contributed by atoms with E-state index in [1.807, 2.05) is 0 Å². The van der Waals surface area contributed by atoms with E-state index in [1.54, 1.807) is 5.38 Å². The minimum atomic E-state index is -0.208. The third-order valence-corrected chi connectivity index (χ3v) is 2.01. The molecule has 37 valence electrons. The van der Waals surface area contributed by atoms with Gasteiger partial charge in [0.05, 0.1) is 4.47 Å². The second-order valence-electron chi connectivity index (χ2n) is 0.968. The van der Waals surface area contributed by atoms with Gasteiger partial charge in [-0.1, -0.05) is 0 Å². The van der Waals surface area contributed by atoms with Crippen LogP contribution in [0.4, 0.5) is 4.39 Å². The van der Waals surface area contributed by atoms with Gasteiger partial charge in [-0.25, -0.2) is 0 Å². The van der Waals surface area contributed by atoms with Crippen LogP contribution in [-0.4, -0.2) is 0 Å². The Hall–Kier alpha value is 0.110. The maximum absolute atomic E-state index is 12.0. The summed E-state index contributed by atoms with van der Waals surface area (Å²) in [5, 5.41) is 1.36. The molecule has 0 spiro atoms. The van der Waals surface area contributed by atoms with Crippen LogP contribution in [-0.2, 0) is 0 Å². The molecule has 0 aliphatic heterocycles. The standard InChI is InChI=1S/C4HBrFS/c5-3-1-2-7-4(3)6/h2H. The molecule has 0 saturated heterocycles. The van der Waals surface area contributed by atoms with Gasteiger partial charge in [0.1, 0.15) is 0 Å². The van der Waals surface area contributed by atoms with Crippen molar-refractivity contribution in [2.75, 3.05) is 0 Å². The fourth-order valence-electron chi connectivity index (χ4n) is 0.241. The molecule has 0 aliphatic carbocycles. The minimum Gasteiger partial charge on any atom is -0.194 e. The van der Waals surface area contributed by atoms with E-state index in [-0.39, 0.29) is 5.13 Å². The Morgan fingerprint density at radius 2 is 2.57 bits per heavy atom. The lowest BCUT2D eigenvalue weighted by Gasteiger charge is -1.71. The van der Waals surface area contributed by atoms with Gasteiger partial charge in [0.25, 0.3) is 0 Å². The average molecular weight is 180 g/mol. The molecule has 3 heteroatoms. The summed E-state index contributed by atoms with van der Waals surface area (Å²) in [5.41, 5.74) is 0. The lowest BCUT2D eigenvalue weighted by Crippen LogP contribution is -1.55. The van der Waals surface area contributed by atoms with E-state index >= 15 is 0 Å². The average Bonchev–Trinajstić information content (AvgIpc) is 1.91. The van der Waals surface area contributed by atoms with Crippen LogP contribution in [0.2, 0.25) is 0 Å². The van der Waals surface area contributed by atoms with Crippen LogP contribution in [0.25, 0.3) is 0 Å². The highest BCUT2D eigenvalue weighted by atomic mass is 79.9. The lowest BCUT2D eigenvalue weighted by atomic mass is 10.7. The third-order valence-electron chi connectivity index (χ3n) is 0.521. The van der Waals surface area contributed by atoms with Crippen LogP contribution >= 0.6 is 27.3 Å². The molecule has 1 aromatic rings. The van der Waals surface area contributed by atoms with Crippen LogP contribution in [0.1, 0.15) is 0 Å². The van der Waals surface area contributed by atoms with Gasteiger partial charge in [0, 0.05) is 11.4 Å². The van der Waals surface area contributed by atoms with Crippen molar-refractivity contribution < 1.29 is 4.39 Å². The molecule has 1 rings (SSSR count). The molecule has 0 bridgehead atoms. The predicted octanol–water partition coefficient (Wildman–Crippen LogP) is 2.45. The summed E-state index contributed by atoms with van der Waals surface area (Å²) < 4.78 is 12.4. The van der Waals surface area contributed by atoms with Crippen LogP contribution in [0, 0.1) is 11.2 Å². The molecular formula is C4HBrFS. The smallest absolute Gasteiger partial charge is 0.191 e. The Labute approximate surface area is 53.1 Å². The number of thiophene rings is 1. The van der Waals surface area contributed by atoms with E-state index in [1.165, 1.54) is 0 Å². The fraction of sp³-hybridized carbons (Fsp3) is 0. The molecule has 0 atom stereocenters. The summed E-state index contributed by atoms with van der Waals surface area (Å²) in [6.07, 6.45) is 0. The molecule has 0 unspecified atom stereocenters. The van der Waals surface area contributed by atoms with Crippen molar-refractivity contribution in [3.8, 4) is 0 Å². The van der Waals surface area contributed by atoms with Gasteiger partial charge in [0.2, 0.25) is 0 Å². The summed E-state index contributed by atoms with van der Waals surface area (Å²) in [4.78, 5) is 0. The van der Waals surface area contributed by atoms with Gasteiger partial charge < -0.3 is 0 Å². The monoisotopic (exact) mass is 179 g/mol. The molecule has 0 fully saturated rings. The van der Waals surface area contributed by atoms with Crippen LogP contribution < -0.4 is 0 Å². The molecular weight excluding hydrogens is 179 g/mol. The second-order valence-corrected chi connectivity index (χ2v) is 2.59. The van der Waals surface area contributed by atoms with E-state index in [0.717, 1.165) is 11.3 Å². The van der Waals surface area contributed by atoms with Gasteiger partial charge >= 0.3 is 0 Å². The van der Waals surface area contributed by atoms with Crippen molar-refractivity contribution in [1.82, 2.24) is 0 Å². The first-order valence-electron chi connectivity index (χ1n) is 1.61. The Bertz CT molecular complexity index is 144. The zero-order valence-corrected chi connectivity index (χ0v) is 5.64. The molecule has 0 aromatic carbocycles. The zero-order chi connectivity index (χ0) is 5.28. The number of rotatable bonds is 0. The van der Waals surface area contributed by atoms with Crippen LogP contribution in [0.5, 0.6) is 0 Å². The van der Waals surface area contributed by atoms with E-state index in [4.69, 9.17) is 0 Å². The number of halogens is 2. The first kappa shape index (κ1) is 5.25. The zero-order valence-electron chi connectivity index (χ0n) is 3.24. The van der Waals surface area contributed by atoms with Gasteiger partial charge in [-0.05, 0) is 15.9 Å². The normalized spacial score (nSPS) is 9.43. The van der Waals surface area contributed by atoms with E-state index in [2.05, 4.69) is 22.0 Å². The Balaban J connectivity index is 3.12. The topological polar surface area (TPSA) is 0 Å². The summed E-state index contributed by atoms with van der Waals surface area (Å²) in [6, 6.07) is 2.63. The Morgan fingerprint density at radius 3 is 2.71 bits per heavy atom. The molecule has 7 heavy (non-hydrogen) atoms. The molecule has 1 heterocycles. The van der Waals surface area contributed by atoms with Crippen molar-refractivity contribution in [2.45, 2.75) is 0 Å². The largest absolute Gasteiger partial charge is 0.194 e. The van der Waals surface area contributed by atoms with Gasteiger partial charge in [-0.15, -0.1) is 11.3 Å². The van der Waals surface area contributed by atoms with Crippen LogP contribution in [0.3, 0.4) is 0 Å². The summed E-state index contributed by atoms with van der Waals surface area (Å²) in [7, 11) is 0. The Morgan fingerprint density at radius 1 is 1.86 bits per heavy atom. The van der Waals surface area contributed by atoms with Gasteiger partial charge in [0.15, 0.2) is 5.13 Å². The SMILES string of the molecule is Fc1sc[c]c1Br. The first-order chi connectivity index (χ1) is 3.30. The number of hydrogen-bond acceptors (Lipinski definition) is 1. The van der Waals surface area contributed by atoms with E-state index in [0.29, 0.717) is 4.47 Å². The highest BCUT2D eigenvalue weighted by Gasteiger charge is 1.95. The lowest BCUT2D eigenvalue weighted by molar-refractivity contribution is 0.651. The van der Waals surface area contributed by atoms with Gasteiger partial charge in [-0.2, -0.15) is 4.39 Å². The maximum atomic E-state index is 12.0. The van der Waals surface area contributed by atoms with Crippen molar-refractivity contribution in [2.24, 2.45) is 0 Å². The summed E-state index contributed by atoms with van der Waals surface area (Å²) in [6.45, 7) is 0. The molecule has 1 aromatic heterocycles. The Kier molecular flexibility index (Phi) is 1.44. The molecule has 0 saturated carbocycles. The van der Waals surface area contributed by atoms with Crippen molar-refractivity contribution >= 4 is 27.3 Å². The highest BCUT2D eigenvalue weighted by molar-refractivity contribution is 9.10. The first-order valence-corrected chi connectivity index (χ1v) is 3.28. The summed E-state index contributed by atoms with van der Waals surface area (Å²) in [5.74, 6) is 0. The highest BCUT2D eigenvalue weighted by Crippen LogP contribution is 2.18. The van der Waals surface area contributed by atoms with E-state index < -0.39 is 0 Å². The van der Waals surface area contributed by atoms with Gasteiger partial charge in [-0.3, -0.25) is 0 Å². The third kappa shape index (κ3) is 1.01. The quantitative estimate of drug-likeness (QED) is 0.575. The maximum Gasteiger partial charge on any atom is 0.191 e.